The Bertz CT molecular complexity index is 1490. The van der Waals surface area contributed by atoms with E-state index in [4.69, 9.17) is 9.72 Å². The maximum Gasteiger partial charge on any atom is 0.175 e. The lowest BCUT2D eigenvalue weighted by Crippen LogP contribution is -2.38. The Labute approximate surface area is 201 Å². The molecule has 4 heterocycles. The second kappa shape index (κ2) is 8.09. The van der Waals surface area contributed by atoms with Crippen LogP contribution in [-0.4, -0.2) is 45.4 Å². The highest BCUT2D eigenvalue weighted by molar-refractivity contribution is 6.01. The molecular weight excluding hydrogens is 450 g/mol. The standard InChI is InChI=1S/C27H26F2N4O2/c1-4-18-21(28)6-5-14-7-16(34)9-19(22(14)18)24-23(29)25-20(10-30-24)27(32-26(31-25)13(2)3)33-11-17-8-15(33)12-35-17/h5-7,9-10,13,15,17,34H,4,8,11-12H2,1-3H3/t15-,17-/m0/s1. The summed E-state index contributed by atoms with van der Waals surface area (Å²) in [7, 11) is 0. The molecule has 2 aliphatic rings. The molecule has 0 spiro atoms. The summed E-state index contributed by atoms with van der Waals surface area (Å²) in [5.41, 5.74) is 1.01. The number of aromatic hydroxyl groups is 1. The average molecular weight is 477 g/mol. The van der Waals surface area contributed by atoms with Gasteiger partial charge < -0.3 is 14.7 Å². The first kappa shape index (κ1) is 22.1. The monoisotopic (exact) mass is 476 g/mol. The number of pyridine rings is 1. The van der Waals surface area contributed by atoms with Crippen molar-refractivity contribution in [1.82, 2.24) is 15.0 Å². The number of rotatable bonds is 4. The molecule has 180 valence electrons. The molecule has 0 radical (unpaired) electrons. The predicted molar refractivity (Wildman–Crippen MR) is 131 cm³/mol. The summed E-state index contributed by atoms with van der Waals surface area (Å²) in [6.45, 7) is 7.13. The molecule has 2 aromatic heterocycles. The normalized spacial score (nSPS) is 19.5. The molecular formula is C27H26F2N4O2. The molecule has 8 heteroatoms. The maximum atomic E-state index is 16.3. The minimum absolute atomic E-state index is 0.00686. The molecule has 2 aromatic carbocycles. The van der Waals surface area contributed by atoms with Crippen molar-refractivity contribution in [3.63, 3.8) is 0 Å². The van der Waals surface area contributed by atoms with Crippen molar-refractivity contribution in [2.75, 3.05) is 18.1 Å². The largest absolute Gasteiger partial charge is 0.508 e. The first-order valence-electron chi connectivity index (χ1n) is 12.0. The number of hydrogen-bond donors (Lipinski definition) is 1. The minimum Gasteiger partial charge on any atom is -0.508 e. The number of phenolic OH excluding ortho intramolecular Hbond substituents is 1. The van der Waals surface area contributed by atoms with Gasteiger partial charge in [-0.3, -0.25) is 4.98 Å². The zero-order valence-electron chi connectivity index (χ0n) is 19.8. The van der Waals surface area contributed by atoms with Crippen molar-refractivity contribution >= 4 is 27.5 Å². The molecule has 2 atom stereocenters. The first-order valence-corrected chi connectivity index (χ1v) is 12.0. The van der Waals surface area contributed by atoms with Gasteiger partial charge in [0.05, 0.1) is 24.1 Å². The quantitative estimate of drug-likeness (QED) is 0.420. The molecule has 2 fully saturated rings. The van der Waals surface area contributed by atoms with E-state index in [1.807, 2.05) is 20.8 Å². The molecule has 35 heavy (non-hydrogen) atoms. The number of aromatic nitrogens is 3. The lowest BCUT2D eigenvalue weighted by molar-refractivity contribution is 0.0989. The third-order valence-corrected chi connectivity index (χ3v) is 7.13. The van der Waals surface area contributed by atoms with Gasteiger partial charge in [-0.15, -0.1) is 0 Å². The van der Waals surface area contributed by atoms with Crippen molar-refractivity contribution in [1.29, 1.82) is 0 Å². The second-order valence-corrected chi connectivity index (χ2v) is 9.71. The molecule has 4 aromatic rings. The second-order valence-electron chi connectivity index (χ2n) is 9.71. The van der Waals surface area contributed by atoms with Gasteiger partial charge in [0.15, 0.2) is 5.82 Å². The fourth-order valence-corrected chi connectivity index (χ4v) is 5.41. The number of halogens is 2. The summed E-state index contributed by atoms with van der Waals surface area (Å²) in [5, 5.41) is 12.1. The summed E-state index contributed by atoms with van der Waals surface area (Å²) in [5.74, 6) is 0.203. The Kier molecular flexibility index (Phi) is 5.11. The van der Waals surface area contributed by atoms with Crippen LogP contribution in [0.3, 0.4) is 0 Å². The summed E-state index contributed by atoms with van der Waals surface area (Å²) in [4.78, 5) is 16.1. The maximum absolute atomic E-state index is 16.3. The third-order valence-electron chi connectivity index (χ3n) is 7.13. The lowest BCUT2D eigenvalue weighted by atomic mass is 9.94. The van der Waals surface area contributed by atoms with Gasteiger partial charge in [-0.1, -0.05) is 26.8 Å². The molecule has 0 aliphatic carbocycles. The fraction of sp³-hybridized carbons (Fsp3) is 0.370. The Morgan fingerprint density at radius 3 is 2.71 bits per heavy atom. The van der Waals surface area contributed by atoms with Crippen molar-refractivity contribution < 1.29 is 18.6 Å². The number of anilines is 1. The number of morpholine rings is 1. The van der Waals surface area contributed by atoms with E-state index in [9.17, 15) is 9.50 Å². The van der Waals surface area contributed by atoms with Gasteiger partial charge in [-0.2, -0.15) is 0 Å². The SMILES string of the molecule is CCc1c(F)ccc2cc(O)cc(-c3ncc4c(N5C[C@@H]6C[C@H]5CO6)nc(C(C)C)nc4c3F)c12. The van der Waals surface area contributed by atoms with Gasteiger partial charge in [0.25, 0.3) is 0 Å². The van der Waals surface area contributed by atoms with Crippen LogP contribution < -0.4 is 4.90 Å². The first-order chi connectivity index (χ1) is 16.9. The van der Waals surface area contributed by atoms with Crippen LogP contribution in [0.5, 0.6) is 5.75 Å². The molecule has 2 bridgehead atoms. The average Bonchev–Trinajstić information content (AvgIpc) is 3.47. The van der Waals surface area contributed by atoms with Crippen LogP contribution in [0.4, 0.5) is 14.6 Å². The van der Waals surface area contributed by atoms with Gasteiger partial charge in [0.2, 0.25) is 0 Å². The minimum atomic E-state index is -0.605. The zero-order chi connectivity index (χ0) is 24.4. The third kappa shape index (κ3) is 3.42. The molecule has 0 unspecified atom stereocenters. The number of benzene rings is 2. The van der Waals surface area contributed by atoms with Crippen molar-refractivity contribution in [3.05, 3.63) is 53.5 Å². The predicted octanol–water partition coefficient (Wildman–Crippen LogP) is 5.49. The van der Waals surface area contributed by atoms with E-state index in [0.29, 0.717) is 58.5 Å². The van der Waals surface area contributed by atoms with Crippen LogP contribution in [-0.2, 0) is 11.2 Å². The molecule has 6 rings (SSSR count). The van der Waals surface area contributed by atoms with Crippen molar-refractivity contribution in [2.45, 2.75) is 51.7 Å². The van der Waals surface area contributed by atoms with Crippen LogP contribution in [0, 0.1) is 11.6 Å². The van der Waals surface area contributed by atoms with E-state index >= 15 is 4.39 Å². The highest BCUT2D eigenvalue weighted by Crippen LogP contribution is 2.40. The smallest absolute Gasteiger partial charge is 0.175 e. The number of hydrogen-bond acceptors (Lipinski definition) is 6. The molecule has 2 aliphatic heterocycles. The molecule has 0 saturated carbocycles. The lowest BCUT2D eigenvalue weighted by Gasteiger charge is -2.29. The van der Waals surface area contributed by atoms with E-state index in [1.54, 1.807) is 18.3 Å². The number of aryl methyl sites for hydroxylation is 1. The summed E-state index contributed by atoms with van der Waals surface area (Å²) in [6.07, 6.45) is 3.10. The Morgan fingerprint density at radius 1 is 1.20 bits per heavy atom. The number of phenols is 1. The number of nitrogens with zero attached hydrogens (tertiary/aromatic N) is 4. The molecule has 2 saturated heterocycles. The van der Waals surface area contributed by atoms with E-state index in [2.05, 4.69) is 14.9 Å². The van der Waals surface area contributed by atoms with Crippen LogP contribution in [0.1, 0.15) is 44.5 Å². The van der Waals surface area contributed by atoms with Gasteiger partial charge >= 0.3 is 0 Å². The van der Waals surface area contributed by atoms with Crippen molar-refractivity contribution in [2.24, 2.45) is 0 Å². The molecule has 6 nitrogen and oxygen atoms in total. The Hall–Kier alpha value is -3.39. The molecule has 1 N–H and O–H groups in total. The highest BCUT2D eigenvalue weighted by Gasteiger charge is 2.40. The van der Waals surface area contributed by atoms with Crippen LogP contribution >= 0.6 is 0 Å². The summed E-state index contributed by atoms with van der Waals surface area (Å²) < 4.78 is 36.7. The van der Waals surface area contributed by atoms with E-state index in [0.717, 1.165) is 6.42 Å². The van der Waals surface area contributed by atoms with Gasteiger partial charge in [-0.25, -0.2) is 18.7 Å². The molecule has 0 amide bonds. The topological polar surface area (TPSA) is 71.4 Å². The summed E-state index contributed by atoms with van der Waals surface area (Å²) >= 11 is 0. The number of ether oxygens (including phenoxy) is 1. The van der Waals surface area contributed by atoms with Crippen molar-refractivity contribution in [3.8, 4) is 17.0 Å². The van der Waals surface area contributed by atoms with Crippen LogP contribution in [0.15, 0.2) is 30.5 Å². The fourth-order valence-electron chi connectivity index (χ4n) is 5.41. The van der Waals surface area contributed by atoms with Crippen LogP contribution in [0.2, 0.25) is 0 Å². The Morgan fingerprint density at radius 2 is 2.03 bits per heavy atom. The highest BCUT2D eigenvalue weighted by atomic mass is 19.1. The van der Waals surface area contributed by atoms with E-state index in [-0.39, 0.29) is 40.8 Å². The van der Waals surface area contributed by atoms with Gasteiger partial charge in [0, 0.05) is 24.2 Å². The number of fused-ring (bicyclic) bond motifs is 4. The van der Waals surface area contributed by atoms with E-state index in [1.165, 1.54) is 12.1 Å². The summed E-state index contributed by atoms with van der Waals surface area (Å²) in [6, 6.07) is 6.16. The Balaban J connectivity index is 1.62. The zero-order valence-corrected chi connectivity index (χ0v) is 19.8. The van der Waals surface area contributed by atoms with Gasteiger partial charge in [-0.05, 0) is 47.4 Å². The van der Waals surface area contributed by atoms with Gasteiger partial charge in [0.1, 0.15) is 34.4 Å². The van der Waals surface area contributed by atoms with E-state index < -0.39 is 5.82 Å². The van der Waals surface area contributed by atoms with Crippen LogP contribution in [0.25, 0.3) is 32.9 Å².